The summed E-state index contributed by atoms with van der Waals surface area (Å²) in [6.07, 6.45) is 4.93. The first-order chi connectivity index (χ1) is 10.1. The molecule has 0 radical (unpaired) electrons. The van der Waals surface area contributed by atoms with E-state index < -0.39 is 0 Å². The molecule has 1 aliphatic carbocycles. The summed E-state index contributed by atoms with van der Waals surface area (Å²) in [7, 11) is 0. The second kappa shape index (κ2) is 6.55. The Hall–Kier alpha value is -0.780. The van der Waals surface area contributed by atoms with Crippen LogP contribution < -0.4 is 5.32 Å². The van der Waals surface area contributed by atoms with Crippen molar-refractivity contribution in [3.63, 3.8) is 0 Å². The van der Waals surface area contributed by atoms with Crippen LogP contribution in [0.15, 0.2) is 15.9 Å². The van der Waals surface area contributed by atoms with Gasteiger partial charge in [0.05, 0.1) is 8.66 Å². The molecule has 0 atom stereocenters. The molecule has 0 amide bonds. The molecule has 2 aromatic rings. The van der Waals surface area contributed by atoms with E-state index in [1.807, 2.05) is 6.07 Å². The van der Waals surface area contributed by atoms with Gasteiger partial charge in [0, 0.05) is 17.4 Å². The van der Waals surface area contributed by atoms with E-state index in [4.69, 9.17) is 9.97 Å². The second-order valence-electron chi connectivity index (χ2n) is 5.63. The smallest absolute Gasteiger partial charge is 0.169 e. The van der Waals surface area contributed by atoms with Crippen LogP contribution in [0.3, 0.4) is 0 Å². The third kappa shape index (κ3) is 3.90. The zero-order valence-corrected chi connectivity index (χ0v) is 14.9. The van der Waals surface area contributed by atoms with Crippen LogP contribution >= 0.6 is 27.3 Å². The molecule has 0 spiro atoms. The predicted octanol–water partition coefficient (Wildman–Crippen LogP) is 4.27. The van der Waals surface area contributed by atoms with E-state index >= 15 is 0 Å². The van der Waals surface area contributed by atoms with Gasteiger partial charge in [0.1, 0.15) is 0 Å². The van der Waals surface area contributed by atoms with Crippen LogP contribution in [0.5, 0.6) is 0 Å². The first-order valence-corrected chi connectivity index (χ1v) is 9.07. The molecule has 21 heavy (non-hydrogen) atoms. The monoisotopic (exact) mass is 365 g/mol. The summed E-state index contributed by atoms with van der Waals surface area (Å²) in [6, 6.07) is 4.91. The molecule has 1 N–H and O–H groups in total. The maximum Gasteiger partial charge on any atom is 0.169 e. The maximum absolute atomic E-state index is 4.70. The van der Waals surface area contributed by atoms with Crippen molar-refractivity contribution in [3.05, 3.63) is 32.9 Å². The van der Waals surface area contributed by atoms with Crippen LogP contribution in [0.4, 0.5) is 0 Å². The number of aryl methyl sites for hydroxylation is 2. The number of aromatic nitrogens is 2. The van der Waals surface area contributed by atoms with E-state index in [1.165, 1.54) is 18.4 Å². The van der Waals surface area contributed by atoms with Gasteiger partial charge in [0.2, 0.25) is 0 Å². The summed E-state index contributed by atoms with van der Waals surface area (Å²) in [5.41, 5.74) is 3.55. The molecule has 5 heteroatoms. The Morgan fingerprint density at radius 3 is 2.52 bits per heavy atom. The molecule has 0 bridgehead atoms. The Morgan fingerprint density at radius 2 is 1.95 bits per heavy atom. The minimum atomic E-state index is 0.795. The van der Waals surface area contributed by atoms with E-state index in [0.29, 0.717) is 0 Å². The normalized spacial score (nSPS) is 14.6. The quantitative estimate of drug-likeness (QED) is 0.776. The lowest BCUT2D eigenvalue weighted by Crippen LogP contribution is -2.18. The Labute approximate surface area is 138 Å². The van der Waals surface area contributed by atoms with Gasteiger partial charge in [0.25, 0.3) is 0 Å². The second-order valence-corrected chi connectivity index (χ2v) is 8.10. The fourth-order valence-corrected chi connectivity index (χ4v) is 3.82. The number of thiophene rings is 1. The topological polar surface area (TPSA) is 37.8 Å². The summed E-state index contributed by atoms with van der Waals surface area (Å²) in [4.78, 5) is 10.5. The molecule has 3 nitrogen and oxygen atoms in total. The summed E-state index contributed by atoms with van der Waals surface area (Å²) in [5, 5.41) is 3.56. The number of hydrogen-bond acceptors (Lipinski definition) is 4. The van der Waals surface area contributed by atoms with Gasteiger partial charge < -0.3 is 5.32 Å². The van der Waals surface area contributed by atoms with E-state index in [2.05, 4.69) is 41.2 Å². The molecule has 1 fully saturated rings. The molecule has 0 aliphatic heterocycles. The van der Waals surface area contributed by atoms with Crippen LogP contribution in [0.2, 0.25) is 0 Å². The summed E-state index contributed by atoms with van der Waals surface area (Å²) in [6.45, 7) is 5.30. The lowest BCUT2D eigenvalue weighted by molar-refractivity contribution is 0.642. The lowest BCUT2D eigenvalue weighted by atomic mass is 10.1. The van der Waals surface area contributed by atoms with E-state index in [1.54, 1.807) is 11.3 Å². The standard InChI is InChI=1S/C16H20BrN3S/c1-10-13(4-3-9-18-12-5-6-12)11(2)20-16(19-10)14-7-8-15(17)21-14/h7-8,12,18H,3-6,9H2,1-2H3. The van der Waals surface area contributed by atoms with Gasteiger partial charge in [-0.2, -0.15) is 0 Å². The van der Waals surface area contributed by atoms with Gasteiger partial charge in [-0.25, -0.2) is 9.97 Å². The molecular formula is C16H20BrN3S. The van der Waals surface area contributed by atoms with Crippen LogP contribution in [-0.4, -0.2) is 22.6 Å². The van der Waals surface area contributed by atoms with Gasteiger partial charge in [-0.3, -0.25) is 0 Å². The Morgan fingerprint density at radius 1 is 1.24 bits per heavy atom. The van der Waals surface area contributed by atoms with Crippen molar-refractivity contribution in [2.24, 2.45) is 0 Å². The highest BCUT2D eigenvalue weighted by atomic mass is 79.9. The van der Waals surface area contributed by atoms with Crippen molar-refractivity contribution in [2.45, 2.75) is 45.6 Å². The van der Waals surface area contributed by atoms with Gasteiger partial charge in [0.15, 0.2) is 5.82 Å². The summed E-state index contributed by atoms with van der Waals surface area (Å²) in [5.74, 6) is 0.848. The van der Waals surface area contributed by atoms with Crippen molar-refractivity contribution >= 4 is 27.3 Å². The summed E-state index contributed by atoms with van der Waals surface area (Å²) >= 11 is 5.17. The minimum absolute atomic E-state index is 0.795. The third-order valence-electron chi connectivity index (χ3n) is 3.83. The van der Waals surface area contributed by atoms with E-state index in [-0.39, 0.29) is 0 Å². The Kier molecular flexibility index (Phi) is 4.72. The highest BCUT2D eigenvalue weighted by molar-refractivity contribution is 9.11. The number of hydrogen-bond donors (Lipinski definition) is 1. The molecular weight excluding hydrogens is 346 g/mol. The predicted molar refractivity (Wildman–Crippen MR) is 91.9 cm³/mol. The average molecular weight is 366 g/mol. The van der Waals surface area contributed by atoms with Crippen LogP contribution in [0.1, 0.15) is 36.2 Å². The fraction of sp³-hybridized carbons (Fsp3) is 0.500. The van der Waals surface area contributed by atoms with Crippen LogP contribution in [0.25, 0.3) is 10.7 Å². The first kappa shape index (κ1) is 15.1. The first-order valence-electron chi connectivity index (χ1n) is 7.46. The van der Waals surface area contributed by atoms with Crippen LogP contribution in [-0.2, 0) is 6.42 Å². The van der Waals surface area contributed by atoms with Gasteiger partial charge in [-0.15, -0.1) is 11.3 Å². The SMILES string of the molecule is Cc1nc(-c2ccc(Br)s2)nc(C)c1CCCNC1CC1. The van der Waals surface area contributed by atoms with Crippen molar-refractivity contribution in [1.82, 2.24) is 15.3 Å². The Bertz CT molecular complexity index is 611. The molecule has 1 aliphatic rings. The third-order valence-corrected chi connectivity index (χ3v) is 5.45. The number of nitrogens with zero attached hydrogens (tertiary/aromatic N) is 2. The van der Waals surface area contributed by atoms with Gasteiger partial charge in [-0.1, -0.05) is 0 Å². The number of nitrogens with one attached hydrogen (secondary N) is 1. The number of halogens is 1. The zero-order valence-electron chi connectivity index (χ0n) is 12.4. The number of rotatable bonds is 6. The molecule has 2 aromatic heterocycles. The van der Waals surface area contributed by atoms with E-state index in [0.717, 1.165) is 51.3 Å². The highest BCUT2D eigenvalue weighted by Crippen LogP contribution is 2.30. The fourth-order valence-electron chi connectivity index (χ4n) is 2.50. The molecule has 0 saturated heterocycles. The lowest BCUT2D eigenvalue weighted by Gasteiger charge is -2.10. The summed E-state index contributed by atoms with van der Waals surface area (Å²) < 4.78 is 1.12. The highest BCUT2D eigenvalue weighted by Gasteiger charge is 2.19. The minimum Gasteiger partial charge on any atom is -0.314 e. The average Bonchev–Trinajstić information content (AvgIpc) is 3.16. The molecule has 0 unspecified atom stereocenters. The van der Waals surface area contributed by atoms with Crippen LogP contribution in [0, 0.1) is 13.8 Å². The van der Waals surface area contributed by atoms with Crippen molar-refractivity contribution in [3.8, 4) is 10.7 Å². The molecule has 1 saturated carbocycles. The zero-order chi connectivity index (χ0) is 14.8. The largest absolute Gasteiger partial charge is 0.314 e. The molecule has 2 heterocycles. The van der Waals surface area contributed by atoms with E-state index in [9.17, 15) is 0 Å². The van der Waals surface area contributed by atoms with Gasteiger partial charge in [-0.05, 0) is 79.7 Å². The molecule has 112 valence electrons. The Balaban J connectivity index is 1.69. The van der Waals surface area contributed by atoms with Gasteiger partial charge >= 0.3 is 0 Å². The molecule has 0 aromatic carbocycles. The van der Waals surface area contributed by atoms with Crippen molar-refractivity contribution in [1.29, 1.82) is 0 Å². The molecule has 3 rings (SSSR count). The van der Waals surface area contributed by atoms with Crippen molar-refractivity contribution < 1.29 is 0 Å². The maximum atomic E-state index is 4.70. The van der Waals surface area contributed by atoms with Crippen molar-refractivity contribution in [2.75, 3.05) is 6.54 Å².